The van der Waals surface area contributed by atoms with Gasteiger partial charge in [-0.25, -0.2) is 0 Å². The molecule has 0 atom stereocenters. The average Bonchev–Trinajstić information content (AvgIpc) is 2.88. The number of unbranched alkanes of at least 4 members (excludes halogenated alkanes) is 1. The van der Waals surface area contributed by atoms with Crippen molar-refractivity contribution in [3.05, 3.63) is 77.9 Å². The minimum Gasteiger partial charge on any atom is -0.494 e. The minimum absolute atomic E-state index is 0.0553. The van der Waals surface area contributed by atoms with Gasteiger partial charge in [0.15, 0.2) is 0 Å². The Balaban J connectivity index is 1.74. The fourth-order valence-corrected chi connectivity index (χ4v) is 3.34. The molecule has 0 unspecified atom stereocenters. The molecule has 182 valence electrons. The van der Waals surface area contributed by atoms with Crippen molar-refractivity contribution in [3.63, 3.8) is 0 Å². The highest BCUT2D eigenvalue weighted by molar-refractivity contribution is 6.07. The highest BCUT2D eigenvalue weighted by atomic mass is 16.5. The first kappa shape index (κ1) is 25.3. The number of amides is 3. The number of carbonyl (C=O) groups excluding carboxylic acids is 3. The molecule has 35 heavy (non-hydrogen) atoms. The van der Waals surface area contributed by atoms with Gasteiger partial charge >= 0.3 is 0 Å². The Labute approximate surface area is 204 Å². The topological polar surface area (TPSA) is 106 Å². The Kier molecular flexibility index (Phi) is 8.83. The molecule has 3 rings (SSSR count). The Bertz CT molecular complexity index is 1180. The van der Waals surface area contributed by atoms with Gasteiger partial charge in [-0.1, -0.05) is 31.5 Å². The molecule has 0 aliphatic heterocycles. The Morgan fingerprint density at radius 3 is 1.71 bits per heavy atom. The quantitative estimate of drug-likeness (QED) is 0.367. The Morgan fingerprint density at radius 2 is 1.23 bits per heavy atom. The Morgan fingerprint density at radius 1 is 0.714 bits per heavy atom. The van der Waals surface area contributed by atoms with Gasteiger partial charge in [0.2, 0.25) is 5.91 Å². The smallest absolute Gasteiger partial charge is 0.255 e. The standard InChI is InChI=1S/C27H29N3O5/c1-4-5-11-25(31)28-20-14-12-19(13-15-20)27(33)30-22-17-23(34-2)21(16-24(22)35-3)29-26(32)18-9-7-6-8-10-18/h6-10,12-17H,4-5,11H2,1-3H3,(H,28,31)(H,29,32)(H,30,33). The van der Waals surface area contributed by atoms with Crippen molar-refractivity contribution in [3.8, 4) is 11.5 Å². The van der Waals surface area contributed by atoms with Gasteiger partial charge in [0.25, 0.3) is 11.8 Å². The van der Waals surface area contributed by atoms with E-state index in [1.165, 1.54) is 14.2 Å². The van der Waals surface area contributed by atoms with Crippen molar-refractivity contribution in [1.29, 1.82) is 0 Å². The number of hydrogen-bond acceptors (Lipinski definition) is 5. The molecule has 3 N–H and O–H groups in total. The molecular formula is C27H29N3O5. The summed E-state index contributed by atoms with van der Waals surface area (Å²) in [7, 11) is 2.94. The van der Waals surface area contributed by atoms with Gasteiger partial charge in [0.1, 0.15) is 11.5 Å². The van der Waals surface area contributed by atoms with Crippen molar-refractivity contribution in [2.45, 2.75) is 26.2 Å². The van der Waals surface area contributed by atoms with E-state index in [1.807, 2.05) is 13.0 Å². The van der Waals surface area contributed by atoms with E-state index < -0.39 is 0 Å². The summed E-state index contributed by atoms with van der Waals surface area (Å²) in [4.78, 5) is 37.3. The minimum atomic E-state index is -0.365. The normalized spacial score (nSPS) is 10.3. The van der Waals surface area contributed by atoms with E-state index in [2.05, 4.69) is 16.0 Å². The maximum atomic E-state index is 12.8. The van der Waals surface area contributed by atoms with E-state index in [9.17, 15) is 14.4 Å². The summed E-state index contributed by atoms with van der Waals surface area (Å²) in [5, 5.41) is 8.43. The summed E-state index contributed by atoms with van der Waals surface area (Å²) >= 11 is 0. The second-order valence-electron chi connectivity index (χ2n) is 7.76. The number of carbonyl (C=O) groups is 3. The maximum absolute atomic E-state index is 12.8. The molecule has 0 saturated carbocycles. The second kappa shape index (κ2) is 12.2. The summed E-state index contributed by atoms with van der Waals surface area (Å²) in [5.41, 5.74) is 2.30. The summed E-state index contributed by atoms with van der Waals surface area (Å²) < 4.78 is 10.9. The molecule has 0 aromatic heterocycles. The summed E-state index contributed by atoms with van der Waals surface area (Å²) in [5.74, 6) is -0.0157. The number of benzene rings is 3. The Hall–Kier alpha value is -4.33. The van der Waals surface area contributed by atoms with Gasteiger partial charge < -0.3 is 25.4 Å². The maximum Gasteiger partial charge on any atom is 0.255 e. The van der Waals surface area contributed by atoms with Crippen LogP contribution in [0, 0.1) is 0 Å². The molecular weight excluding hydrogens is 446 g/mol. The van der Waals surface area contributed by atoms with Gasteiger partial charge in [-0.3, -0.25) is 14.4 Å². The van der Waals surface area contributed by atoms with Crippen molar-refractivity contribution in [2.75, 3.05) is 30.2 Å². The van der Waals surface area contributed by atoms with Crippen LogP contribution in [0.25, 0.3) is 0 Å². The first-order valence-corrected chi connectivity index (χ1v) is 11.3. The molecule has 3 amide bonds. The number of ether oxygens (including phenoxy) is 2. The van der Waals surface area contributed by atoms with Crippen LogP contribution in [0.15, 0.2) is 66.7 Å². The van der Waals surface area contributed by atoms with Crippen molar-refractivity contribution < 1.29 is 23.9 Å². The van der Waals surface area contributed by atoms with Gasteiger partial charge in [-0.05, 0) is 42.8 Å². The fraction of sp³-hybridized carbons (Fsp3) is 0.222. The van der Waals surface area contributed by atoms with Crippen LogP contribution in [0.2, 0.25) is 0 Å². The van der Waals surface area contributed by atoms with Crippen LogP contribution in [-0.2, 0) is 4.79 Å². The number of methoxy groups -OCH3 is 2. The van der Waals surface area contributed by atoms with Crippen molar-refractivity contribution in [2.24, 2.45) is 0 Å². The van der Waals surface area contributed by atoms with Crippen molar-refractivity contribution in [1.82, 2.24) is 0 Å². The predicted octanol–water partition coefficient (Wildman–Crippen LogP) is 5.34. The molecule has 0 spiro atoms. The number of nitrogens with one attached hydrogen (secondary N) is 3. The number of hydrogen-bond donors (Lipinski definition) is 3. The number of rotatable bonds is 10. The third-order valence-electron chi connectivity index (χ3n) is 5.24. The lowest BCUT2D eigenvalue weighted by Crippen LogP contribution is -2.15. The van der Waals surface area contributed by atoms with E-state index in [4.69, 9.17) is 9.47 Å². The van der Waals surface area contributed by atoms with Gasteiger partial charge in [0.05, 0.1) is 25.6 Å². The van der Waals surface area contributed by atoms with Crippen LogP contribution < -0.4 is 25.4 Å². The average molecular weight is 476 g/mol. The fourth-order valence-electron chi connectivity index (χ4n) is 3.34. The SMILES string of the molecule is CCCCC(=O)Nc1ccc(C(=O)Nc2cc(OC)c(NC(=O)c3ccccc3)cc2OC)cc1. The van der Waals surface area contributed by atoms with E-state index in [-0.39, 0.29) is 17.7 Å². The first-order valence-electron chi connectivity index (χ1n) is 11.3. The van der Waals surface area contributed by atoms with Crippen LogP contribution >= 0.6 is 0 Å². The summed E-state index contributed by atoms with van der Waals surface area (Å²) in [6.45, 7) is 2.03. The van der Waals surface area contributed by atoms with Crippen LogP contribution in [-0.4, -0.2) is 31.9 Å². The van der Waals surface area contributed by atoms with E-state index >= 15 is 0 Å². The highest BCUT2D eigenvalue weighted by Gasteiger charge is 2.17. The molecule has 0 aliphatic carbocycles. The lowest BCUT2D eigenvalue weighted by Gasteiger charge is -2.16. The number of anilines is 3. The first-order chi connectivity index (χ1) is 16.9. The van der Waals surface area contributed by atoms with Crippen molar-refractivity contribution >= 4 is 34.8 Å². The zero-order valence-electron chi connectivity index (χ0n) is 20.0. The van der Waals surface area contributed by atoms with Crippen LogP contribution in [0.1, 0.15) is 46.9 Å². The third-order valence-corrected chi connectivity index (χ3v) is 5.24. The zero-order valence-corrected chi connectivity index (χ0v) is 20.0. The second-order valence-corrected chi connectivity index (χ2v) is 7.76. The molecule has 8 heteroatoms. The van der Waals surface area contributed by atoms with Gasteiger partial charge in [-0.2, -0.15) is 0 Å². The lowest BCUT2D eigenvalue weighted by atomic mass is 10.1. The van der Waals surface area contributed by atoms with E-state index in [0.717, 1.165) is 12.8 Å². The molecule has 0 aliphatic rings. The molecule has 0 bridgehead atoms. The highest BCUT2D eigenvalue weighted by Crippen LogP contribution is 2.37. The van der Waals surface area contributed by atoms with Gasteiger partial charge in [-0.15, -0.1) is 0 Å². The summed E-state index contributed by atoms with van der Waals surface area (Å²) in [6, 6.07) is 18.6. The van der Waals surface area contributed by atoms with E-state index in [0.29, 0.717) is 46.1 Å². The van der Waals surface area contributed by atoms with Crippen LogP contribution in [0.3, 0.4) is 0 Å². The largest absolute Gasteiger partial charge is 0.494 e. The summed E-state index contributed by atoms with van der Waals surface area (Å²) in [6.07, 6.45) is 2.23. The lowest BCUT2D eigenvalue weighted by molar-refractivity contribution is -0.116. The zero-order chi connectivity index (χ0) is 25.2. The van der Waals surface area contributed by atoms with Gasteiger partial charge in [0, 0.05) is 35.4 Å². The molecule has 0 radical (unpaired) electrons. The van der Waals surface area contributed by atoms with Crippen LogP contribution in [0.5, 0.6) is 11.5 Å². The molecule has 0 heterocycles. The monoisotopic (exact) mass is 475 g/mol. The molecule has 0 fully saturated rings. The van der Waals surface area contributed by atoms with Crippen LogP contribution in [0.4, 0.5) is 17.1 Å². The molecule has 8 nitrogen and oxygen atoms in total. The molecule has 3 aromatic rings. The molecule has 0 saturated heterocycles. The van der Waals surface area contributed by atoms with E-state index in [1.54, 1.807) is 60.7 Å². The third kappa shape index (κ3) is 6.83. The predicted molar refractivity (Wildman–Crippen MR) is 136 cm³/mol. The molecule has 3 aromatic carbocycles.